The van der Waals surface area contributed by atoms with Gasteiger partial charge in [-0.25, -0.2) is 4.79 Å². The molecule has 0 N–H and O–H groups in total. The van der Waals surface area contributed by atoms with E-state index >= 15 is 0 Å². The van der Waals surface area contributed by atoms with Crippen molar-refractivity contribution >= 4 is 5.97 Å². The number of rotatable bonds is 8. The van der Waals surface area contributed by atoms with Gasteiger partial charge in [-0.3, -0.25) is 4.79 Å². The van der Waals surface area contributed by atoms with Gasteiger partial charge in [0.15, 0.2) is 16.9 Å². The number of methoxy groups -OCH3 is 2. The third-order valence-electron chi connectivity index (χ3n) is 5.94. The summed E-state index contributed by atoms with van der Waals surface area (Å²) in [4.78, 5) is 25.1. The zero-order valence-electron chi connectivity index (χ0n) is 18.3. The van der Waals surface area contributed by atoms with E-state index in [0.29, 0.717) is 24.7 Å². The molecule has 0 spiro atoms. The molecule has 1 aliphatic carbocycles. The maximum Gasteiger partial charge on any atom is 0.343 e. The average molecular weight is 425 g/mol. The largest absolute Gasteiger partial charge is 0.493 e. The maximum absolute atomic E-state index is 12.8. The van der Waals surface area contributed by atoms with Gasteiger partial charge in [0, 0.05) is 36.4 Å². The number of hydrogen-bond acceptors (Lipinski definition) is 6. The molecule has 1 aromatic heterocycles. The van der Waals surface area contributed by atoms with Gasteiger partial charge in [-0.15, -0.1) is 0 Å². The summed E-state index contributed by atoms with van der Waals surface area (Å²) in [6.45, 7) is 4.97. The minimum atomic E-state index is -0.597. The van der Waals surface area contributed by atoms with Crippen molar-refractivity contribution in [2.24, 2.45) is 5.41 Å². The van der Waals surface area contributed by atoms with Gasteiger partial charge in [0.25, 0.3) is 0 Å². The van der Waals surface area contributed by atoms with Crippen molar-refractivity contribution in [2.75, 3.05) is 34.0 Å². The number of carbonyl (C=O) groups is 1. The van der Waals surface area contributed by atoms with E-state index in [1.54, 1.807) is 27.3 Å². The van der Waals surface area contributed by atoms with Crippen LogP contribution in [0.1, 0.15) is 35.8 Å². The van der Waals surface area contributed by atoms with Gasteiger partial charge in [-0.05, 0) is 31.0 Å². The Labute approximate surface area is 181 Å². The molecule has 1 aromatic carbocycles. The monoisotopic (exact) mass is 425 g/mol. The number of aromatic nitrogens is 1. The molecule has 1 aliphatic heterocycles. The first-order chi connectivity index (χ1) is 14.9. The van der Waals surface area contributed by atoms with E-state index in [-0.39, 0.29) is 29.1 Å². The van der Waals surface area contributed by atoms with E-state index in [0.717, 1.165) is 23.2 Å². The van der Waals surface area contributed by atoms with Crippen LogP contribution in [0.15, 0.2) is 41.3 Å². The van der Waals surface area contributed by atoms with Gasteiger partial charge in [-0.1, -0.05) is 19.1 Å². The number of allylic oxidation sites excluding steroid dienone is 2. The zero-order chi connectivity index (χ0) is 22.2. The first-order valence-corrected chi connectivity index (χ1v) is 10.4. The van der Waals surface area contributed by atoms with Crippen molar-refractivity contribution in [3.8, 4) is 22.8 Å². The van der Waals surface area contributed by atoms with Crippen LogP contribution in [0.4, 0.5) is 0 Å². The molecule has 2 aromatic rings. The second kappa shape index (κ2) is 8.23. The molecular formula is C24H27NO6. The number of fused-ring (bicyclic) bond motifs is 3. The van der Waals surface area contributed by atoms with Crippen molar-refractivity contribution in [1.29, 1.82) is 0 Å². The highest BCUT2D eigenvalue weighted by Crippen LogP contribution is 2.51. The van der Waals surface area contributed by atoms with E-state index in [2.05, 4.69) is 19.1 Å². The number of esters is 1. The van der Waals surface area contributed by atoms with Crippen molar-refractivity contribution in [1.82, 2.24) is 4.57 Å². The lowest BCUT2D eigenvalue weighted by atomic mass is 9.83. The van der Waals surface area contributed by atoms with Crippen molar-refractivity contribution in [3.05, 3.63) is 57.9 Å². The minimum Gasteiger partial charge on any atom is -0.493 e. The van der Waals surface area contributed by atoms with Crippen LogP contribution in [0.5, 0.6) is 11.5 Å². The Morgan fingerprint density at radius 3 is 2.58 bits per heavy atom. The van der Waals surface area contributed by atoms with E-state index in [1.165, 1.54) is 6.07 Å². The Hall–Kier alpha value is -3.06. The summed E-state index contributed by atoms with van der Waals surface area (Å²) in [5, 5.41) is 0. The Morgan fingerprint density at radius 1 is 1.16 bits per heavy atom. The van der Waals surface area contributed by atoms with Gasteiger partial charge in [0.1, 0.15) is 12.2 Å². The average Bonchev–Trinajstić information content (AvgIpc) is 3.51. The van der Waals surface area contributed by atoms with Crippen LogP contribution in [0.25, 0.3) is 11.3 Å². The van der Waals surface area contributed by atoms with E-state index < -0.39 is 5.97 Å². The molecule has 7 nitrogen and oxygen atoms in total. The lowest BCUT2D eigenvalue weighted by molar-refractivity contribution is 0.0523. The first kappa shape index (κ1) is 21.2. The molecule has 4 rings (SSSR count). The van der Waals surface area contributed by atoms with E-state index in [1.807, 2.05) is 16.7 Å². The molecule has 1 unspecified atom stereocenters. The number of pyridine rings is 1. The second-order valence-electron chi connectivity index (χ2n) is 7.99. The normalized spacial score (nSPS) is 17.5. The fraction of sp³-hybridized carbons (Fsp3) is 0.417. The molecule has 0 saturated carbocycles. The molecule has 164 valence electrons. The van der Waals surface area contributed by atoms with Crippen LogP contribution >= 0.6 is 0 Å². The molecule has 0 radical (unpaired) electrons. The maximum atomic E-state index is 12.8. The molecule has 7 heteroatoms. The predicted molar refractivity (Wildman–Crippen MR) is 116 cm³/mol. The summed E-state index contributed by atoms with van der Waals surface area (Å²) in [6, 6.07) is 5.43. The summed E-state index contributed by atoms with van der Waals surface area (Å²) in [6.07, 6.45) is 6.66. The highest BCUT2D eigenvalue weighted by molar-refractivity contribution is 5.89. The molecular weight excluding hydrogens is 398 g/mol. The highest BCUT2D eigenvalue weighted by Gasteiger charge is 2.42. The predicted octanol–water partition coefficient (Wildman–Crippen LogP) is 3.40. The minimum absolute atomic E-state index is 0.0315. The zero-order valence-corrected chi connectivity index (χ0v) is 18.3. The van der Waals surface area contributed by atoms with Crippen LogP contribution in [0.2, 0.25) is 0 Å². The fourth-order valence-corrected chi connectivity index (χ4v) is 4.08. The van der Waals surface area contributed by atoms with Gasteiger partial charge in [0.05, 0.1) is 26.0 Å². The lowest BCUT2D eigenvalue weighted by Crippen LogP contribution is -2.30. The van der Waals surface area contributed by atoms with Gasteiger partial charge < -0.3 is 23.5 Å². The molecule has 2 aliphatic rings. The van der Waals surface area contributed by atoms with Crippen LogP contribution in [-0.4, -0.2) is 44.6 Å². The molecule has 0 saturated heterocycles. The van der Waals surface area contributed by atoms with Crippen LogP contribution in [-0.2, 0) is 15.9 Å². The van der Waals surface area contributed by atoms with Gasteiger partial charge >= 0.3 is 5.97 Å². The van der Waals surface area contributed by atoms with Crippen LogP contribution < -0.4 is 14.9 Å². The molecule has 31 heavy (non-hydrogen) atoms. The van der Waals surface area contributed by atoms with Crippen LogP contribution in [0, 0.1) is 5.41 Å². The van der Waals surface area contributed by atoms with Crippen molar-refractivity contribution in [3.63, 3.8) is 0 Å². The Balaban J connectivity index is 1.84. The van der Waals surface area contributed by atoms with Crippen molar-refractivity contribution < 1.29 is 23.7 Å². The third-order valence-corrected chi connectivity index (χ3v) is 5.94. The summed E-state index contributed by atoms with van der Waals surface area (Å²) in [7, 11) is 3.21. The Morgan fingerprint density at radius 2 is 1.94 bits per heavy atom. The highest BCUT2D eigenvalue weighted by atomic mass is 16.5. The Kier molecular flexibility index (Phi) is 5.62. The quantitative estimate of drug-likeness (QED) is 0.367. The molecule has 1 atom stereocenters. The summed E-state index contributed by atoms with van der Waals surface area (Å²) >= 11 is 0. The number of nitrogens with zero attached hydrogens (tertiary/aromatic N) is 1. The lowest BCUT2D eigenvalue weighted by Gasteiger charge is -2.35. The number of carbonyl (C=O) groups excluding carboxylic acids is 1. The summed E-state index contributed by atoms with van der Waals surface area (Å²) in [5.41, 5.74) is 2.28. The number of hydrogen-bond donors (Lipinski definition) is 0. The molecule has 0 bridgehead atoms. The Bertz CT molecular complexity index is 1090. The summed E-state index contributed by atoms with van der Waals surface area (Å²) in [5.74, 6) is 0.628. The second-order valence-corrected chi connectivity index (χ2v) is 7.99. The number of ether oxygens (including phenoxy) is 4. The van der Waals surface area contributed by atoms with Crippen LogP contribution in [0.3, 0.4) is 0 Å². The number of benzene rings is 1. The molecule has 2 heterocycles. The smallest absolute Gasteiger partial charge is 0.343 e. The van der Waals surface area contributed by atoms with E-state index in [4.69, 9.17) is 18.9 Å². The SMILES string of the molecule is CCOC(=O)c1cn2c(cc1=O)-c1cc(OC)c(OCCOC)cc1CC2C1(C)C=C1. The van der Waals surface area contributed by atoms with Crippen molar-refractivity contribution in [2.45, 2.75) is 26.3 Å². The standard InChI is InChI=1S/C24H27NO6/c1-5-30-23(27)17-14-25-18(13-19(17)26)16-12-20(29-4)21(31-9-8-28-3)10-15(16)11-22(25)24(2)6-7-24/h6-7,10,12-14,22H,5,8-9,11H2,1-4H3. The van der Waals surface area contributed by atoms with E-state index in [9.17, 15) is 9.59 Å². The third kappa shape index (κ3) is 3.85. The molecule has 0 amide bonds. The van der Waals surface area contributed by atoms with Gasteiger partial charge in [0.2, 0.25) is 0 Å². The fourth-order valence-electron chi connectivity index (χ4n) is 4.08. The van der Waals surface area contributed by atoms with Gasteiger partial charge in [-0.2, -0.15) is 0 Å². The first-order valence-electron chi connectivity index (χ1n) is 10.4. The molecule has 0 fully saturated rings. The summed E-state index contributed by atoms with van der Waals surface area (Å²) < 4.78 is 23.6. The topological polar surface area (TPSA) is 76.0 Å².